The number of hydrogen-bond acceptors (Lipinski definition) is 5. The summed E-state index contributed by atoms with van der Waals surface area (Å²) in [6.45, 7) is 1.02. The molecule has 4 aromatic rings. The average Bonchev–Trinajstić information content (AvgIpc) is 3.36. The lowest BCUT2D eigenvalue weighted by Gasteiger charge is -2.28. The van der Waals surface area contributed by atoms with Crippen molar-refractivity contribution in [2.75, 3.05) is 23.4 Å². The number of nitrogens with one attached hydrogen (secondary N) is 1. The lowest BCUT2D eigenvalue weighted by atomic mass is 9.98. The Kier molecular flexibility index (Phi) is 6.79. The zero-order valence-electron chi connectivity index (χ0n) is 20.1. The molecular weight excluding hydrogens is 466 g/mol. The van der Waals surface area contributed by atoms with Gasteiger partial charge >= 0.3 is 0 Å². The highest BCUT2D eigenvalue weighted by Crippen LogP contribution is 2.25. The molecule has 2 N–H and O–H groups in total. The molecule has 0 radical (unpaired) electrons. The van der Waals surface area contributed by atoms with Crippen LogP contribution >= 0.6 is 0 Å². The summed E-state index contributed by atoms with van der Waals surface area (Å²) in [5, 5.41) is 25.5. The number of nitriles is 1. The highest BCUT2D eigenvalue weighted by Gasteiger charge is 2.32. The van der Waals surface area contributed by atoms with Crippen molar-refractivity contribution in [1.29, 1.82) is 5.26 Å². The molecule has 2 heterocycles. The first kappa shape index (κ1) is 24.0. The van der Waals surface area contributed by atoms with E-state index in [-0.39, 0.29) is 23.8 Å². The molecule has 184 valence electrons. The normalized spacial score (nSPS) is 12.6. The van der Waals surface area contributed by atoms with Gasteiger partial charge in [-0.25, -0.2) is 0 Å². The van der Waals surface area contributed by atoms with E-state index in [4.69, 9.17) is 5.26 Å². The Morgan fingerprint density at radius 1 is 1.03 bits per heavy atom. The molecule has 1 aliphatic rings. The third-order valence-electron chi connectivity index (χ3n) is 6.46. The van der Waals surface area contributed by atoms with Crippen molar-refractivity contribution in [3.05, 3.63) is 113 Å². The number of amides is 2. The smallest absolute Gasteiger partial charge is 0.277 e. The SMILES string of the molecule is N#Cc1cccc(NC(=O)c2cnn3c2C(=O)N(c2ccc(Cc4ccccc4CCO)cc2)CC3)c1. The van der Waals surface area contributed by atoms with Crippen molar-refractivity contribution in [3.8, 4) is 6.07 Å². The molecule has 3 aromatic carbocycles. The molecular formula is C29H25N5O3. The standard InChI is InChI=1S/C29H25N5O3/c30-18-21-4-3-7-24(17-21)32-28(36)26-19-31-34-14-13-33(29(37)27(26)34)25-10-8-20(9-11-25)16-23-6-2-1-5-22(23)12-15-35/h1-11,17,19,35H,12-16H2,(H,32,36). The number of nitrogens with zero attached hydrogens (tertiary/aromatic N) is 4. The second-order valence-electron chi connectivity index (χ2n) is 8.82. The highest BCUT2D eigenvalue weighted by atomic mass is 16.3. The van der Waals surface area contributed by atoms with Gasteiger partial charge in [0, 0.05) is 24.5 Å². The largest absolute Gasteiger partial charge is 0.396 e. The maximum atomic E-state index is 13.5. The van der Waals surface area contributed by atoms with Crippen molar-refractivity contribution in [1.82, 2.24) is 9.78 Å². The molecule has 2 amide bonds. The molecule has 0 unspecified atom stereocenters. The van der Waals surface area contributed by atoms with Crippen LogP contribution in [-0.2, 0) is 19.4 Å². The lowest BCUT2D eigenvalue weighted by Crippen LogP contribution is -2.41. The van der Waals surface area contributed by atoms with Crippen LogP contribution in [0.25, 0.3) is 0 Å². The van der Waals surface area contributed by atoms with Crippen LogP contribution in [0.5, 0.6) is 0 Å². The summed E-state index contributed by atoms with van der Waals surface area (Å²) in [7, 11) is 0. The molecule has 0 bridgehead atoms. The first-order valence-electron chi connectivity index (χ1n) is 12.0. The Labute approximate surface area is 214 Å². The van der Waals surface area contributed by atoms with Gasteiger partial charge in [-0.2, -0.15) is 10.4 Å². The van der Waals surface area contributed by atoms with E-state index in [1.807, 2.05) is 48.5 Å². The van der Waals surface area contributed by atoms with Crippen molar-refractivity contribution in [2.45, 2.75) is 19.4 Å². The van der Waals surface area contributed by atoms with E-state index in [9.17, 15) is 14.7 Å². The fourth-order valence-electron chi connectivity index (χ4n) is 4.59. The lowest BCUT2D eigenvalue weighted by molar-refractivity contribution is 0.0947. The van der Waals surface area contributed by atoms with Crippen LogP contribution in [0.1, 0.15) is 43.1 Å². The topological polar surface area (TPSA) is 111 Å². The maximum absolute atomic E-state index is 13.5. The Morgan fingerprint density at radius 2 is 1.81 bits per heavy atom. The molecule has 0 fully saturated rings. The molecule has 5 rings (SSSR count). The van der Waals surface area contributed by atoms with Crippen LogP contribution in [-0.4, -0.2) is 39.9 Å². The minimum absolute atomic E-state index is 0.107. The van der Waals surface area contributed by atoms with Gasteiger partial charge in [0.15, 0.2) is 0 Å². The molecule has 0 saturated heterocycles. The van der Waals surface area contributed by atoms with Gasteiger partial charge in [0.1, 0.15) is 5.69 Å². The fourth-order valence-corrected chi connectivity index (χ4v) is 4.59. The number of benzene rings is 3. The van der Waals surface area contributed by atoms with Gasteiger partial charge in [-0.3, -0.25) is 14.3 Å². The zero-order chi connectivity index (χ0) is 25.8. The summed E-state index contributed by atoms with van der Waals surface area (Å²) in [6, 6.07) is 24.5. The van der Waals surface area contributed by atoms with Gasteiger partial charge in [0.05, 0.1) is 29.9 Å². The van der Waals surface area contributed by atoms with Crippen molar-refractivity contribution >= 4 is 23.2 Å². The number of carbonyl (C=O) groups excluding carboxylic acids is 2. The van der Waals surface area contributed by atoms with Crippen LogP contribution in [0, 0.1) is 11.3 Å². The summed E-state index contributed by atoms with van der Waals surface area (Å²) in [6.07, 6.45) is 2.76. The van der Waals surface area contributed by atoms with Crippen LogP contribution in [0.2, 0.25) is 0 Å². The van der Waals surface area contributed by atoms with Gasteiger partial charge in [-0.15, -0.1) is 0 Å². The third kappa shape index (κ3) is 4.99. The van der Waals surface area contributed by atoms with E-state index in [2.05, 4.69) is 16.5 Å². The molecule has 1 aliphatic heterocycles. The molecule has 0 spiro atoms. The van der Waals surface area contributed by atoms with Crippen LogP contribution in [0.3, 0.4) is 0 Å². The van der Waals surface area contributed by atoms with E-state index >= 15 is 0 Å². The first-order chi connectivity index (χ1) is 18.1. The summed E-state index contributed by atoms with van der Waals surface area (Å²) < 4.78 is 1.56. The van der Waals surface area contributed by atoms with Crippen molar-refractivity contribution < 1.29 is 14.7 Å². The van der Waals surface area contributed by atoms with E-state index in [1.165, 1.54) is 11.8 Å². The number of rotatable bonds is 7. The predicted octanol–water partition coefficient (Wildman–Crippen LogP) is 3.79. The quantitative estimate of drug-likeness (QED) is 0.409. The van der Waals surface area contributed by atoms with Gasteiger partial charge in [0.2, 0.25) is 0 Å². The van der Waals surface area contributed by atoms with Crippen molar-refractivity contribution in [2.24, 2.45) is 0 Å². The second-order valence-corrected chi connectivity index (χ2v) is 8.82. The third-order valence-corrected chi connectivity index (χ3v) is 6.46. The van der Waals surface area contributed by atoms with E-state index in [0.717, 1.165) is 23.2 Å². The van der Waals surface area contributed by atoms with Gasteiger partial charge in [0.25, 0.3) is 11.8 Å². The number of aliphatic hydroxyl groups excluding tert-OH is 1. The summed E-state index contributed by atoms with van der Waals surface area (Å²) in [5.41, 5.74) is 5.46. The Balaban J connectivity index is 1.34. The first-order valence-corrected chi connectivity index (χ1v) is 12.0. The van der Waals surface area contributed by atoms with Gasteiger partial charge < -0.3 is 15.3 Å². The maximum Gasteiger partial charge on any atom is 0.277 e. The number of hydrogen-bond donors (Lipinski definition) is 2. The van der Waals surface area contributed by atoms with E-state index < -0.39 is 5.91 Å². The summed E-state index contributed by atoms with van der Waals surface area (Å²) in [5.74, 6) is -0.746. The number of carbonyl (C=O) groups is 2. The zero-order valence-corrected chi connectivity index (χ0v) is 20.1. The molecule has 0 atom stereocenters. The van der Waals surface area contributed by atoms with Crippen LogP contribution < -0.4 is 10.2 Å². The Morgan fingerprint density at radius 3 is 2.57 bits per heavy atom. The molecule has 0 aliphatic carbocycles. The monoisotopic (exact) mass is 491 g/mol. The van der Waals surface area contributed by atoms with Crippen molar-refractivity contribution in [3.63, 3.8) is 0 Å². The molecule has 1 aromatic heterocycles. The average molecular weight is 492 g/mol. The number of anilines is 2. The van der Waals surface area contributed by atoms with Crippen LogP contribution in [0.4, 0.5) is 11.4 Å². The van der Waals surface area contributed by atoms with E-state index in [0.29, 0.717) is 30.8 Å². The fraction of sp³-hybridized carbons (Fsp3) is 0.172. The molecule has 8 nitrogen and oxygen atoms in total. The Bertz CT molecular complexity index is 1500. The molecule has 8 heteroatoms. The summed E-state index contributed by atoms with van der Waals surface area (Å²) >= 11 is 0. The van der Waals surface area contributed by atoms with E-state index in [1.54, 1.807) is 33.8 Å². The predicted molar refractivity (Wildman–Crippen MR) is 139 cm³/mol. The van der Waals surface area contributed by atoms with Crippen LogP contribution in [0.15, 0.2) is 79.0 Å². The van der Waals surface area contributed by atoms with Gasteiger partial charge in [-0.1, -0.05) is 42.5 Å². The minimum atomic E-state index is -0.455. The summed E-state index contributed by atoms with van der Waals surface area (Å²) in [4.78, 5) is 28.1. The number of aliphatic hydroxyl groups is 1. The number of fused-ring (bicyclic) bond motifs is 1. The highest BCUT2D eigenvalue weighted by molar-refractivity contribution is 6.15. The minimum Gasteiger partial charge on any atom is -0.396 e. The Hall–Kier alpha value is -4.74. The van der Waals surface area contributed by atoms with Gasteiger partial charge in [-0.05, 0) is 59.9 Å². The molecule has 37 heavy (non-hydrogen) atoms. The second kappa shape index (κ2) is 10.5. The molecule has 0 saturated carbocycles. The number of aromatic nitrogens is 2.